The van der Waals surface area contributed by atoms with Crippen LogP contribution >= 0.6 is 0 Å². The number of dihydropyridines is 1. The Labute approximate surface area is 188 Å². The van der Waals surface area contributed by atoms with E-state index in [1.807, 2.05) is 26.0 Å². The molecule has 0 saturated carbocycles. The van der Waals surface area contributed by atoms with Crippen LogP contribution < -0.4 is 14.8 Å². The first-order valence-corrected chi connectivity index (χ1v) is 11.0. The van der Waals surface area contributed by atoms with Crippen molar-refractivity contribution in [1.82, 2.24) is 10.2 Å². The Morgan fingerprint density at radius 2 is 1.72 bits per heavy atom. The molecule has 3 aliphatic heterocycles. The van der Waals surface area contributed by atoms with E-state index >= 15 is 0 Å². The lowest BCUT2D eigenvalue weighted by Crippen LogP contribution is -2.37. The standard InChI is InChI=1S/C24H30N2O6/c1-5-29-23(27)20-14(2)25-15(3)21(24(28)32-17-8-10-26(4)11-9-17)22(20)16-6-7-18-19(12-16)31-13-30-18/h6-7,12,17,22,25H,5,8-11,13H2,1-4H3/t22-/m1/s1. The molecule has 3 heterocycles. The molecule has 32 heavy (non-hydrogen) atoms. The molecule has 0 unspecified atom stereocenters. The molecule has 8 nitrogen and oxygen atoms in total. The van der Waals surface area contributed by atoms with Crippen LogP contribution in [0.5, 0.6) is 11.5 Å². The summed E-state index contributed by atoms with van der Waals surface area (Å²) >= 11 is 0. The minimum Gasteiger partial charge on any atom is -0.463 e. The molecular formula is C24H30N2O6. The van der Waals surface area contributed by atoms with Gasteiger partial charge in [-0.2, -0.15) is 0 Å². The van der Waals surface area contributed by atoms with Crippen molar-refractivity contribution in [3.8, 4) is 11.5 Å². The van der Waals surface area contributed by atoms with Gasteiger partial charge in [0, 0.05) is 24.5 Å². The molecule has 1 atom stereocenters. The maximum absolute atomic E-state index is 13.4. The van der Waals surface area contributed by atoms with Gasteiger partial charge >= 0.3 is 11.9 Å². The lowest BCUT2D eigenvalue weighted by Gasteiger charge is -2.33. The molecule has 0 bridgehead atoms. The number of likely N-dealkylation sites (tertiary alicyclic amines) is 1. The van der Waals surface area contributed by atoms with Crippen molar-refractivity contribution < 1.29 is 28.5 Å². The van der Waals surface area contributed by atoms with Crippen molar-refractivity contribution in [3.05, 3.63) is 46.3 Å². The number of allylic oxidation sites excluding steroid dienone is 2. The summed E-state index contributed by atoms with van der Waals surface area (Å²) in [4.78, 5) is 28.6. The van der Waals surface area contributed by atoms with E-state index in [0.717, 1.165) is 31.5 Å². The van der Waals surface area contributed by atoms with Crippen molar-refractivity contribution in [1.29, 1.82) is 0 Å². The zero-order chi connectivity index (χ0) is 22.8. The lowest BCUT2D eigenvalue weighted by molar-refractivity contribution is -0.146. The number of benzene rings is 1. The SMILES string of the molecule is CCOC(=O)C1=C(C)NC(C)=C(C(=O)OC2CCN(C)CC2)[C@@H]1c1ccc2c(c1)OCO2. The Hall–Kier alpha value is -3.00. The van der Waals surface area contributed by atoms with Crippen LogP contribution in [-0.4, -0.2) is 56.5 Å². The van der Waals surface area contributed by atoms with Crippen LogP contribution in [0.15, 0.2) is 40.7 Å². The zero-order valence-corrected chi connectivity index (χ0v) is 19.0. The normalized spacial score (nSPS) is 21.4. The number of nitrogens with one attached hydrogen (secondary N) is 1. The van der Waals surface area contributed by atoms with Crippen molar-refractivity contribution in [2.45, 2.75) is 45.6 Å². The Kier molecular flexibility index (Phi) is 6.41. The number of fused-ring (bicyclic) bond motifs is 1. The molecule has 8 heteroatoms. The molecule has 0 aliphatic carbocycles. The van der Waals surface area contributed by atoms with Gasteiger partial charge in [0.25, 0.3) is 0 Å². The van der Waals surface area contributed by atoms with Crippen LogP contribution in [0, 0.1) is 0 Å². The van der Waals surface area contributed by atoms with Crippen LogP contribution in [0.2, 0.25) is 0 Å². The Bertz CT molecular complexity index is 975. The molecule has 1 saturated heterocycles. The highest BCUT2D eigenvalue weighted by molar-refractivity contribution is 6.00. The number of hydrogen-bond donors (Lipinski definition) is 1. The maximum atomic E-state index is 13.4. The van der Waals surface area contributed by atoms with E-state index in [1.54, 1.807) is 13.0 Å². The molecule has 0 spiro atoms. The van der Waals surface area contributed by atoms with Gasteiger partial charge in [0.15, 0.2) is 11.5 Å². The monoisotopic (exact) mass is 442 g/mol. The van der Waals surface area contributed by atoms with Crippen molar-refractivity contribution >= 4 is 11.9 Å². The summed E-state index contributed by atoms with van der Waals surface area (Å²) in [6.07, 6.45) is 1.43. The predicted molar refractivity (Wildman–Crippen MR) is 117 cm³/mol. The second-order valence-corrected chi connectivity index (χ2v) is 8.38. The van der Waals surface area contributed by atoms with Gasteiger partial charge in [-0.3, -0.25) is 0 Å². The first-order chi connectivity index (χ1) is 15.4. The summed E-state index contributed by atoms with van der Waals surface area (Å²) in [5.74, 6) is -0.290. The van der Waals surface area contributed by atoms with Crippen molar-refractivity contribution in [2.75, 3.05) is 33.5 Å². The minimum absolute atomic E-state index is 0.143. The van der Waals surface area contributed by atoms with Gasteiger partial charge < -0.3 is 29.2 Å². The third kappa shape index (κ3) is 4.32. The second kappa shape index (κ2) is 9.24. The predicted octanol–water partition coefficient (Wildman–Crippen LogP) is 2.85. The summed E-state index contributed by atoms with van der Waals surface area (Å²) in [7, 11) is 2.06. The number of nitrogens with zero attached hydrogens (tertiary/aromatic N) is 1. The van der Waals surface area contributed by atoms with Crippen molar-refractivity contribution in [2.24, 2.45) is 0 Å². The minimum atomic E-state index is -0.636. The van der Waals surface area contributed by atoms with E-state index in [-0.39, 0.29) is 19.5 Å². The van der Waals surface area contributed by atoms with E-state index in [4.69, 9.17) is 18.9 Å². The fraction of sp³-hybridized carbons (Fsp3) is 0.500. The molecule has 0 amide bonds. The third-order valence-corrected chi connectivity index (χ3v) is 6.14. The first-order valence-electron chi connectivity index (χ1n) is 11.0. The summed E-state index contributed by atoms with van der Waals surface area (Å²) in [5, 5.41) is 3.19. The number of esters is 2. The molecule has 0 radical (unpaired) electrons. The fourth-order valence-electron chi connectivity index (χ4n) is 4.49. The van der Waals surface area contributed by atoms with Crippen LogP contribution in [0.3, 0.4) is 0 Å². The first kappa shape index (κ1) is 22.2. The second-order valence-electron chi connectivity index (χ2n) is 8.38. The Morgan fingerprint density at radius 3 is 2.41 bits per heavy atom. The van der Waals surface area contributed by atoms with E-state index in [0.29, 0.717) is 34.0 Å². The number of hydrogen-bond acceptors (Lipinski definition) is 8. The number of piperidine rings is 1. The topological polar surface area (TPSA) is 86.3 Å². The lowest BCUT2D eigenvalue weighted by atomic mass is 9.80. The van der Waals surface area contributed by atoms with Crippen molar-refractivity contribution in [3.63, 3.8) is 0 Å². The van der Waals surface area contributed by atoms with Crippen LogP contribution in [0.1, 0.15) is 45.1 Å². The van der Waals surface area contributed by atoms with Crippen LogP contribution in [-0.2, 0) is 19.1 Å². The van der Waals surface area contributed by atoms with Gasteiger partial charge in [-0.15, -0.1) is 0 Å². The highest BCUT2D eigenvalue weighted by atomic mass is 16.7. The van der Waals surface area contributed by atoms with E-state index in [2.05, 4.69) is 17.3 Å². The average Bonchev–Trinajstić information content (AvgIpc) is 3.22. The summed E-state index contributed by atoms with van der Waals surface area (Å²) < 4.78 is 22.3. The van der Waals surface area contributed by atoms with Gasteiger partial charge in [-0.1, -0.05) is 6.07 Å². The molecular weight excluding hydrogens is 412 g/mol. The number of ether oxygens (including phenoxy) is 4. The molecule has 1 aromatic rings. The smallest absolute Gasteiger partial charge is 0.337 e. The van der Waals surface area contributed by atoms with Gasteiger partial charge in [0.1, 0.15) is 6.10 Å². The van der Waals surface area contributed by atoms with Gasteiger partial charge in [0.2, 0.25) is 6.79 Å². The molecule has 1 aromatic carbocycles. The molecule has 0 aromatic heterocycles. The zero-order valence-electron chi connectivity index (χ0n) is 19.0. The quantitative estimate of drug-likeness (QED) is 0.697. The fourth-order valence-corrected chi connectivity index (χ4v) is 4.49. The van der Waals surface area contributed by atoms with Gasteiger partial charge in [-0.05, 0) is 58.4 Å². The molecule has 4 rings (SSSR count). The Balaban J connectivity index is 1.71. The molecule has 3 aliphatic rings. The molecule has 1 N–H and O–H groups in total. The molecule has 1 fully saturated rings. The highest BCUT2D eigenvalue weighted by Gasteiger charge is 2.39. The summed E-state index contributed by atoms with van der Waals surface area (Å²) in [5.41, 5.74) is 2.87. The van der Waals surface area contributed by atoms with Gasteiger partial charge in [0.05, 0.1) is 23.7 Å². The average molecular weight is 443 g/mol. The summed E-state index contributed by atoms with van der Waals surface area (Å²) in [6, 6.07) is 5.47. The number of rotatable bonds is 5. The highest BCUT2D eigenvalue weighted by Crippen LogP contribution is 2.43. The van der Waals surface area contributed by atoms with E-state index in [1.165, 1.54) is 0 Å². The van der Waals surface area contributed by atoms with Crippen LogP contribution in [0.4, 0.5) is 0 Å². The van der Waals surface area contributed by atoms with Gasteiger partial charge in [-0.25, -0.2) is 9.59 Å². The Morgan fingerprint density at radius 1 is 1.06 bits per heavy atom. The number of carbonyl (C=O) groups is 2. The largest absolute Gasteiger partial charge is 0.463 e. The van der Waals surface area contributed by atoms with E-state index < -0.39 is 17.9 Å². The molecule has 172 valence electrons. The van der Waals surface area contributed by atoms with Crippen LogP contribution in [0.25, 0.3) is 0 Å². The number of carbonyl (C=O) groups excluding carboxylic acids is 2. The third-order valence-electron chi connectivity index (χ3n) is 6.14. The van der Waals surface area contributed by atoms with E-state index in [9.17, 15) is 9.59 Å². The summed E-state index contributed by atoms with van der Waals surface area (Å²) in [6.45, 7) is 7.55. The maximum Gasteiger partial charge on any atom is 0.337 e.